The van der Waals surface area contributed by atoms with Crippen molar-refractivity contribution in [2.45, 2.75) is 35.7 Å². The molecular weight excluding hydrogens is 673 g/mol. The number of nitrogens with zero attached hydrogens (tertiary/aromatic N) is 3. The normalized spacial score (nSPS) is 16.4. The first-order valence-corrected chi connectivity index (χ1v) is 17.4. The summed E-state index contributed by atoms with van der Waals surface area (Å²) in [7, 11) is -1.05. The number of methoxy groups -OCH3 is 1. The molecule has 0 bridgehead atoms. The van der Waals surface area contributed by atoms with Gasteiger partial charge in [-0.15, -0.1) is 0 Å². The number of ether oxygens (including phenoxy) is 1. The number of piperazine rings is 1. The molecule has 1 saturated heterocycles. The van der Waals surface area contributed by atoms with Crippen molar-refractivity contribution in [1.82, 2.24) is 19.5 Å². The molecule has 0 unspecified atom stereocenters. The molecule has 0 spiro atoms. The van der Waals surface area contributed by atoms with Crippen molar-refractivity contribution < 1.29 is 32.2 Å². The summed E-state index contributed by atoms with van der Waals surface area (Å²) in [6.07, 6.45) is 0.504. The van der Waals surface area contributed by atoms with Gasteiger partial charge in [-0.05, 0) is 60.4 Å². The number of benzene rings is 3. The van der Waals surface area contributed by atoms with E-state index in [0.29, 0.717) is 35.1 Å². The lowest BCUT2D eigenvalue weighted by Crippen LogP contribution is -2.53. The average Bonchev–Trinajstić information content (AvgIpc) is 3.11. The molecule has 3 N–H and O–H groups in total. The van der Waals surface area contributed by atoms with Crippen LogP contribution in [0.1, 0.15) is 29.0 Å². The Bertz CT molecular complexity index is 1870. The van der Waals surface area contributed by atoms with Crippen LogP contribution in [0.15, 0.2) is 96.0 Å². The van der Waals surface area contributed by atoms with Crippen molar-refractivity contribution in [3.63, 3.8) is 0 Å². The smallest absolute Gasteiger partial charge is 0.407 e. The van der Waals surface area contributed by atoms with Gasteiger partial charge in [-0.2, -0.15) is 4.31 Å². The van der Waals surface area contributed by atoms with Gasteiger partial charge in [-0.25, -0.2) is 22.6 Å². The first-order valence-electron chi connectivity index (χ1n) is 15.6. The van der Waals surface area contributed by atoms with Crippen LogP contribution in [0.5, 0.6) is 5.88 Å². The summed E-state index contributed by atoms with van der Waals surface area (Å²) in [6.45, 7) is 1.09. The SMILES string of the molecule is COc1ccc([C@H](c2ccc(Cl)cc2)[C@@H](C(=O)Nc2cccc(F)c2CC[C@H]2CNCCN2S(=O)(=O)c2ccccc2)N(C)C(=O)O)cn1. The zero-order chi connectivity index (χ0) is 35.1. The van der Waals surface area contributed by atoms with Crippen molar-refractivity contribution in [3.05, 3.63) is 119 Å². The molecule has 0 aliphatic carbocycles. The summed E-state index contributed by atoms with van der Waals surface area (Å²) in [5, 5.41) is 16.6. The van der Waals surface area contributed by atoms with E-state index in [1.807, 2.05) is 0 Å². The number of carboxylic acid groups (broad SMARTS) is 1. The van der Waals surface area contributed by atoms with Crippen molar-refractivity contribution in [1.29, 1.82) is 0 Å². The molecule has 1 fully saturated rings. The predicted molar refractivity (Wildman–Crippen MR) is 184 cm³/mol. The summed E-state index contributed by atoms with van der Waals surface area (Å²) in [5.41, 5.74) is 1.44. The maximum absolute atomic E-state index is 15.5. The van der Waals surface area contributed by atoms with Gasteiger partial charge in [0.1, 0.15) is 11.9 Å². The van der Waals surface area contributed by atoms with Gasteiger partial charge in [-0.1, -0.05) is 54.1 Å². The third kappa shape index (κ3) is 8.19. The van der Waals surface area contributed by atoms with Crippen LogP contribution in [0.2, 0.25) is 5.02 Å². The van der Waals surface area contributed by atoms with Gasteiger partial charge in [0.2, 0.25) is 21.8 Å². The molecule has 3 aromatic carbocycles. The molecule has 0 radical (unpaired) electrons. The van der Waals surface area contributed by atoms with E-state index in [4.69, 9.17) is 16.3 Å². The molecule has 2 heterocycles. The largest absolute Gasteiger partial charge is 0.481 e. The van der Waals surface area contributed by atoms with E-state index in [0.717, 1.165) is 4.90 Å². The molecule has 0 saturated carbocycles. The molecule has 49 heavy (non-hydrogen) atoms. The lowest BCUT2D eigenvalue weighted by atomic mass is 9.84. The molecule has 14 heteroatoms. The fourth-order valence-electron chi connectivity index (χ4n) is 6.07. The third-order valence-electron chi connectivity index (χ3n) is 8.61. The van der Waals surface area contributed by atoms with E-state index in [1.54, 1.807) is 66.7 Å². The number of amides is 2. The van der Waals surface area contributed by atoms with E-state index in [-0.39, 0.29) is 35.5 Å². The maximum Gasteiger partial charge on any atom is 0.407 e. The number of anilines is 1. The van der Waals surface area contributed by atoms with Crippen molar-refractivity contribution >= 4 is 39.3 Å². The highest BCUT2D eigenvalue weighted by Gasteiger charge is 2.38. The molecule has 1 aliphatic heterocycles. The molecule has 1 aliphatic rings. The Labute approximate surface area is 289 Å². The number of halogens is 2. The Kier molecular flexibility index (Phi) is 11.5. The van der Waals surface area contributed by atoms with Gasteiger partial charge in [0.05, 0.1) is 12.0 Å². The number of hydrogen-bond acceptors (Lipinski definition) is 7. The van der Waals surface area contributed by atoms with Crippen LogP contribution in [0.25, 0.3) is 0 Å². The van der Waals surface area contributed by atoms with Crippen molar-refractivity contribution in [2.24, 2.45) is 0 Å². The minimum absolute atomic E-state index is 0.0951. The first kappa shape index (κ1) is 35.7. The Morgan fingerprint density at radius 3 is 2.45 bits per heavy atom. The quantitative estimate of drug-likeness (QED) is 0.182. The molecule has 3 atom stereocenters. The summed E-state index contributed by atoms with van der Waals surface area (Å²) in [5.74, 6) is -1.81. The standard InChI is InChI=1S/C35H37ClFN5O6S/c1-41(35(44)45)33(32(23-11-14-25(36)15-12-23)24-13-18-31(48-2)39-21-24)34(43)40-30-10-6-9-29(37)28(30)17-16-26-22-38-19-20-42(26)49(46,47)27-7-4-3-5-8-27/h3-15,18,21,26,32-33,38H,16-17,19-20,22H2,1-2H3,(H,40,43)(H,44,45)/t26-,32-,33-/m0/s1. The monoisotopic (exact) mass is 709 g/mol. The number of aromatic nitrogens is 1. The van der Waals surface area contributed by atoms with Crippen molar-refractivity contribution in [2.75, 3.05) is 39.1 Å². The summed E-state index contributed by atoms with van der Waals surface area (Å²) in [4.78, 5) is 32.0. The second-order valence-corrected chi connectivity index (χ2v) is 13.9. The van der Waals surface area contributed by atoms with Crippen LogP contribution in [-0.2, 0) is 21.2 Å². The summed E-state index contributed by atoms with van der Waals surface area (Å²) in [6, 6.07) is 20.6. The number of carbonyl (C=O) groups is 2. The minimum atomic E-state index is -3.81. The van der Waals surface area contributed by atoms with Crippen LogP contribution in [-0.4, -0.2) is 85.6 Å². The van der Waals surface area contributed by atoms with Gasteiger partial charge in [0.25, 0.3) is 0 Å². The molecule has 5 rings (SSSR count). The second kappa shape index (κ2) is 15.8. The number of pyridine rings is 1. The predicted octanol–water partition coefficient (Wildman–Crippen LogP) is 5.23. The maximum atomic E-state index is 15.5. The van der Waals surface area contributed by atoms with Gasteiger partial charge < -0.3 is 20.5 Å². The Hall–Kier alpha value is -4.56. The highest BCUT2D eigenvalue weighted by atomic mass is 35.5. The molecule has 2 amide bonds. The lowest BCUT2D eigenvalue weighted by Gasteiger charge is -2.35. The van der Waals surface area contributed by atoms with Gasteiger partial charge in [0, 0.05) is 67.2 Å². The fraction of sp³-hybridized carbons (Fsp3) is 0.286. The number of likely N-dealkylation sites (N-methyl/N-ethyl adjacent to an activating group) is 1. The second-order valence-electron chi connectivity index (χ2n) is 11.6. The molecule has 1 aromatic heterocycles. The van der Waals surface area contributed by atoms with Crippen LogP contribution in [0.3, 0.4) is 0 Å². The van der Waals surface area contributed by atoms with E-state index in [2.05, 4.69) is 15.6 Å². The number of carbonyl (C=O) groups excluding carboxylic acids is 1. The van der Waals surface area contributed by atoms with Gasteiger partial charge >= 0.3 is 6.09 Å². The third-order valence-corrected chi connectivity index (χ3v) is 10.8. The zero-order valence-electron chi connectivity index (χ0n) is 26.9. The molecular formula is C35H37ClFN5O6S. The van der Waals surface area contributed by atoms with Crippen LogP contribution in [0.4, 0.5) is 14.9 Å². The Morgan fingerprint density at radius 1 is 1.08 bits per heavy atom. The molecule has 4 aromatic rings. The highest BCUT2D eigenvalue weighted by Crippen LogP contribution is 2.34. The number of rotatable bonds is 12. The average molecular weight is 710 g/mol. The van der Waals surface area contributed by atoms with E-state index < -0.39 is 45.8 Å². The fourth-order valence-corrected chi connectivity index (χ4v) is 7.88. The topological polar surface area (TPSA) is 141 Å². The lowest BCUT2D eigenvalue weighted by molar-refractivity contribution is -0.120. The highest BCUT2D eigenvalue weighted by molar-refractivity contribution is 7.89. The van der Waals surface area contributed by atoms with Gasteiger partial charge in [-0.3, -0.25) is 9.69 Å². The summed E-state index contributed by atoms with van der Waals surface area (Å²) >= 11 is 6.16. The van der Waals surface area contributed by atoms with Gasteiger partial charge in [0.15, 0.2) is 0 Å². The molecule has 258 valence electrons. The zero-order valence-corrected chi connectivity index (χ0v) is 28.5. The van der Waals surface area contributed by atoms with Crippen molar-refractivity contribution in [3.8, 4) is 5.88 Å². The number of nitrogens with one attached hydrogen (secondary N) is 2. The van der Waals surface area contributed by atoms with E-state index in [9.17, 15) is 23.1 Å². The van der Waals surface area contributed by atoms with Crippen LogP contribution < -0.4 is 15.4 Å². The minimum Gasteiger partial charge on any atom is -0.481 e. The number of hydrogen-bond donors (Lipinski definition) is 3. The summed E-state index contributed by atoms with van der Waals surface area (Å²) < 4.78 is 49.2. The van der Waals surface area contributed by atoms with E-state index >= 15 is 4.39 Å². The van der Waals surface area contributed by atoms with Crippen LogP contribution in [0, 0.1) is 5.82 Å². The number of sulfonamides is 1. The van der Waals surface area contributed by atoms with Crippen LogP contribution >= 0.6 is 11.6 Å². The first-order chi connectivity index (χ1) is 23.5. The van der Waals surface area contributed by atoms with E-state index in [1.165, 1.54) is 42.9 Å². The Morgan fingerprint density at radius 2 is 1.80 bits per heavy atom. The Balaban J connectivity index is 1.46. The molecule has 11 nitrogen and oxygen atoms in total.